The lowest BCUT2D eigenvalue weighted by atomic mass is 9.84. The van der Waals surface area contributed by atoms with Crippen molar-refractivity contribution in [2.45, 2.75) is 91.5 Å². The molecule has 0 radical (unpaired) electrons. The highest BCUT2D eigenvalue weighted by Crippen LogP contribution is 2.44. The van der Waals surface area contributed by atoms with Crippen LogP contribution < -0.4 is 28.4 Å². The van der Waals surface area contributed by atoms with E-state index in [0.29, 0.717) is 51.2 Å². The summed E-state index contributed by atoms with van der Waals surface area (Å²) >= 11 is 0. The molecule has 0 unspecified atom stereocenters. The Bertz CT molecular complexity index is 1600. The van der Waals surface area contributed by atoms with Gasteiger partial charge in [0.15, 0.2) is 36.6 Å². The van der Waals surface area contributed by atoms with Gasteiger partial charge in [0, 0.05) is 35.2 Å². The first-order chi connectivity index (χ1) is 22.0. The highest BCUT2D eigenvalue weighted by molar-refractivity contribution is 5.56. The molecule has 0 aromatic heterocycles. The molecule has 0 atom stereocenters. The van der Waals surface area contributed by atoms with Crippen LogP contribution in [0, 0.1) is 0 Å². The lowest BCUT2D eigenvalue weighted by molar-refractivity contribution is 0.130. The average molecular weight is 643 g/mol. The first kappa shape index (κ1) is 36.3. The normalized spacial score (nSPS) is 11.9. The fourth-order valence-electron chi connectivity index (χ4n) is 4.74. The molecule has 3 aromatic rings. The summed E-state index contributed by atoms with van der Waals surface area (Å²) in [7, 11) is 0. The minimum Gasteiger partial charge on any atom is -0.488 e. The van der Waals surface area contributed by atoms with Crippen LogP contribution in [0.15, 0.2) is 73.4 Å². The Morgan fingerprint density at radius 2 is 0.872 bits per heavy atom. The van der Waals surface area contributed by atoms with Gasteiger partial charge in [-0.2, -0.15) is 0 Å². The zero-order chi connectivity index (χ0) is 34.8. The maximum atomic E-state index is 11.3. The summed E-state index contributed by atoms with van der Waals surface area (Å²) in [5, 5.41) is 0. The van der Waals surface area contributed by atoms with Gasteiger partial charge in [0.2, 0.25) is 0 Å². The molecular weight excluding hydrogens is 600 g/mol. The topological polar surface area (TPSA) is 107 Å². The van der Waals surface area contributed by atoms with Crippen molar-refractivity contribution >= 4 is 17.8 Å². The van der Waals surface area contributed by atoms with Crippen LogP contribution in [0.5, 0.6) is 34.5 Å². The van der Waals surface area contributed by atoms with E-state index in [9.17, 15) is 14.4 Å². The van der Waals surface area contributed by atoms with Crippen molar-refractivity contribution < 1.29 is 42.8 Å². The molecule has 0 heterocycles. The van der Waals surface area contributed by atoms with Crippen LogP contribution in [0.4, 0.5) is 0 Å². The number of benzene rings is 3. The van der Waals surface area contributed by atoms with Crippen molar-refractivity contribution in [3.8, 4) is 34.5 Å². The Labute approximate surface area is 276 Å². The molecule has 3 rings (SSSR count). The van der Waals surface area contributed by atoms with E-state index < -0.39 is 22.7 Å². The smallest absolute Gasteiger partial charge is 0.174 e. The molecule has 9 heteroatoms. The summed E-state index contributed by atoms with van der Waals surface area (Å²) in [5.74, 6) is 7.05. The summed E-state index contributed by atoms with van der Waals surface area (Å²) in [4.78, 5) is 33.7. The van der Waals surface area contributed by atoms with Crippen molar-refractivity contribution in [2.75, 3.05) is 0 Å². The maximum Gasteiger partial charge on any atom is 0.174 e. The molecule has 0 saturated carbocycles. The van der Waals surface area contributed by atoms with Crippen molar-refractivity contribution in [1.82, 2.24) is 0 Å². The minimum absolute atomic E-state index is 0.277. The molecule has 0 N–H and O–H groups in total. The van der Waals surface area contributed by atoms with Crippen LogP contribution in [0.1, 0.15) is 84.9 Å². The quantitative estimate of drug-likeness (QED) is 0.137. The van der Waals surface area contributed by atoms with E-state index in [4.69, 9.17) is 28.4 Å². The maximum absolute atomic E-state index is 11.3. The van der Waals surface area contributed by atoms with Gasteiger partial charge in [-0.05, 0) is 92.5 Å². The fraction of sp³-hybridized carbons (Fsp3) is 0.368. The predicted octanol–water partition coefficient (Wildman–Crippen LogP) is 7.77. The van der Waals surface area contributed by atoms with Crippen LogP contribution >= 0.6 is 0 Å². The lowest BCUT2D eigenvalue weighted by Crippen LogP contribution is -2.23. The van der Waals surface area contributed by atoms with E-state index in [0.717, 1.165) is 18.8 Å². The van der Waals surface area contributed by atoms with Crippen molar-refractivity contribution in [3.63, 3.8) is 0 Å². The van der Waals surface area contributed by atoms with E-state index in [2.05, 4.69) is 0 Å². The van der Waals surface area contributed by atoms with Crippen LogP contribution in [-0.2, 0) is 20.8 Å². The lowest BCUT2D eigenvalue weighted by Gasteiger charge is -2.27. The fourth-order valence-corrected chi connectivity index (χ4v) is 4.74. The Morgan fingerprint density at radius 1 is 0.532 bits per heavy atom. The van der Waals surface area contributed by atoms with Gasteiger partial charge in [0.05, 0.1) is 0 Å². The van der Waals surface area contributed by atoms with Crippen LogP contribution in [0.2, 0.25) is 0 Å². The third-order valence-corrected chi connectivity index (χ3v) is 6.16. The van der Waals surface area contributed by atoms with Gasteiger partial charge in [-0.15, -0.1) is 0 Å². The van der Waals surface area contributed by atoms with Gasteiger partial charge < -0.3 is 28.4 Å². The molecule has 0 aliphatic heterocycles. The molecule has 248 valence electrons. The zero-order valence-electron chi connectivity index (χ0n) is 28.4. The molecule has 0 aliphatic carbocycles. The summed E-state index contributed by atoms with van der Waals surface area (Å²) in [6.45, 7) is 17.3. The molecule has 3 aromatic carbocycles. The molecule has 0 spiro atoms. The summed E-state index contributed by atoms with van der Waals surface area (Å²) < 4.78 is 35.5. The Hall–Kier alpha value is -5.19. The highest BCUT2D eigenvalue weighted by Gasteiger charge is 2.27. The van der Waals surface area contributed by atoms with Crippen molar-refractivity contribution in [1.29, 1.82) is 0 Å². The molecule has 9 nitrogen and oxygen atoms in total. The van der Waals surface area contributed by atoms with Crippen LogP contribution in [0.3, 0.4) is 0 Å². The number of hydrogen-bond acceptors (Lipinski definition) is 9. The van der Waals surface area contributed by atoms with Crippen molar-refractivity contribution in [3.05, 3.63) is 90.1 Å². The molecule has 0 saturated heterocycles. The van der Waals surface area contributed by atoms with Gasteiger partial charge in [-0.25, -0.2) is 14.4 Å². The molecule has 0 bridgehead atoms. The largest absolute Gasteiger partial charge is 0.488 e. The zero-order valence-corrected chi connectivity index (χ0v) is 28.4. The van der Waals surface area contributed by atoms with Gasteiger partial charge >= 0.3 is 0 Å². The molecule has 0 fully saturated rings. The summed E-state index contributed by atoms with van der Waals surface area (Å²) in [5.41, 5.74) is 0.508. The second kappa shape index (κ2) is 15.4. The molecule has 47 heavy (non-hydrogen) atoms. The summed E-state index contributed by atoms with van der Waals surface area (Å²) in [6, 6.07) is 16.0. The first-order valence-corrected chi connectivity index (χ1v) is 15.1. The van der Waals surface area contributed by atoms with E-state index >= 15 is 0 Å². The highest BCUT2D eigenvalue weighted by atomic mass is 16.5. The summed E-state index contributed by atoms with van der Waals surface area (Å²) in [6.07, 6.45) is 3.05. The molecule has 0 amide bonds. The van der Waals surface area contributed by atoms with E-state index in [1.165, 1.54) is 0 Å². The minimum atomic E-state index is -0.538. The standard InChI is InChI=1S/C38H42O9/c1-36(2,3)45-27-11-10-26(33(23-27)42-19-16-39)22-32(30-14-12-28(46-37(4,5)6)24-34(30)43-20-17-40)31-15-13-29(47-38(7,8)9)25-35(31)44-21-18-41/h10-15,19-21,23-25,32H,22H2,1-9H3. The molecular formula is C38H42O9. The van der Waals surface area contributed by atoms with E-state index in [1.54, 1.807) is 48.2 Å². The third-order valence-electron chi connectivity index (χ3n) is 6.16. The number of hydrogen-bond donors (Lipinski definition) is 0. The van der Waals surface area contributed by atoms with E-state index in [-0.39, 0.29) is 6.42 Å². The van der Waals surface area contributed by atoms with Crippen LogP contribution in [-0.4, -0.2) is 34.6 Å². The Kier molecular flexibility index (Phi) is 11.9. The SMILES string of the molecule is CC(C)(C)Oc1ccc(CC(c2ccc(OC(C)(C)C)cc2OC=C=O)c2ccc(OC(C)(C)C)cc2OC=C=O)c(OC=C=O)c1. The van der Waals surface area contributed by atoms with Crippen LogP contribution in [0.25, 0.3) is 0 Å². The Balaban J connectivity index is 2.31. The average Bonchev–Trinajstić information content (AvgIpc) is 2.95. The predicted molar refractivity (Wildman–Crippen MR) is 179 cm³/mol. The van der Waals surface area contributed by atoms with Gasteiger partial charge in [-0.3, -0.25) is 0 Å². The van der Waals surface area contributed by atoms with E-state index in [1.807, 2.05) is 86.6 Å². The number of carbonyl (C=O) groups excluding carboxylic acids is 3. The number of ether oxygens (including phenoxy) is 6. The van der Waals surface area contributed by atoms with Gasteiger partial charge in [0.1, 0.15) is 51.3 Å². The monoisotopic (exact) mass is 642 g/mol. The van der Waals surface area contributed by atoms with Crippen molar-refractivity contribution in [2.24, 2.45) is 0 Å². The second-order valence-corrected chi connectivity index (χ2v) is 13.6. The van der Waals surface area contributed by atoms with Gasteiger partial charge in [0.25, 0.3) is 0 Å². The Morgan fingerprint density at radius 3 is 1.23 bits per heavy atom. The number of rotatable bonds is 13. The third kappa shape index (κ3) is 11.6. The molecule has 0 aliphatic rings. The van der Waals surface area contributed by atoms with Gasteiger partial charge in [-0.1, -0.05) is 18.2 Å². The second-order valence-electron chi connectivity index (χ2n) is 13.6. The first-order valence-electron chi connectivity index (χ1n) is 15.1.